The van der Waals surface area contributed by atoms with Crippen LogP contribution < -0.4 is 4.80 Å². The van der Waals surface area contributed by atoms with Gasteiger partial charge in [0.1, 0.15) is 0 Å². The number of aryl methyl sites for hydroxylation is 1. The Bertz CT molecular complexity index is 1410. The summed E-state index contributed by atoms with van der Waals surface area (Å²) < 4.78 is 30.4. The van der Waals surface area contributed by atoms with Crippen LogP contribution in [0.4, 0.5) is 5.69 Å². The Labute approximate surface area is 201 Å². The summed E-state index contributed by atoms with van der Waals surface area (Å²) in [6.45, 7) is 4.87. The number of thiazole rings is 1. The second-order valence-electron chi connectivity index (χ2n) is 8.15. The summed E-state index contributed by atoms with van der Waals surface area (Å²) in [4.78, 5) is 28.4. The molecule has 1 amide bonds. The predicted octanol–water partition coefficient (Wildman–Crippen LogP) is 4.33. The molecule has 9 nitrogen and oxygen atoms in total. The van der Waals surface area contributed by atoms with E-state index in [1.165, 1.54) is 47.7 Å². The van der Waals surface area contributed by atoms with Crippen LogP contribution in [0.15, 0.2) is 52.4 Å². The van der Waals surface area contributed by atoms with Gasteiger partial charge in [-0.25, -0.2) is 8.42 Å². The van der Waals surface area contributed by atoms with Crippen molar-refractivity contribution < 1.29 is 18.1 Å². The fourth-order valence-corrected chi connectivity index (χ4v) is 7.16. The maximum atomic E-state index is 13.2. The number of carbonyl (C=O) groups is 1. The summed E-state index contributed by atoms with van der Waals surface area (Å²) in [6, 6.07) is 10.4. The molecule has 1 aliphatic rings. The largest absolute Gasteiger partial charge is 0.316 e. The van der Waals surface area contributed by atoms with Crippen LogP contribution in [-0.4, -0.2) is 40.7 Å². The standard InChI is InChI=1S/C23H26N4O5S2/c1-3-17-7-5-6-14-26(17)34(31,32)19-11-8-16(9-12-19)22(28)24-23-25(4-2)20-15-18(27(29)30)10-13-21(20)33-23/h8-13,15,17H,3-7,14H2,1-2H3. The van der Waals surface area contributed by atoms with Gasteiger partial charge in [0, 0.05) is 36.8 Å². The molecular formula is C23H26N4O5S2. The summed E-state index contributed by atoms with van der Waals surface area (Å²) >= 11 is 1.27. The number of sulfonamides is 1. The van der Waals surface area contributed by atoms with Crippen LogP contribution in [0.25, 0.3) is 10.2 Å². The molecule has 1 unspecified atom stereocenters. The lowest BCUT2D eigenvalue weighted by Gasteiger charge is -2.34. The zero-order chi connectivity index (χ0) is 24.5. The van der Waals surface area contributed by atoms with E-state index in [0.29, 0.717) is 23.4 Å². The fourth-order valence-electron chi connectivity index (χ4n) is 4.32. The molecule has 0 spiro atoms. The minimum Gasteiger partial charge on any atom is -0.316 e. The van der Waals surface area contributed by atoms with Gasteiger partial charge < -0.3 is 4.57 Å². The van der Waals surface area contributed by atoms with Crippen molar-refractivity contribution in [1.82, 2.24) is 8.87 Å². The van der Waals surface area contributed by atoms with E-state index in [1.807, 2.05) is 13.8 Å². The van der Waals surface area contributed by atoms with Crippen molar-refractivity contribution >= 4 is 43.2 Å². The number of nitro groups is 1. The number of nitro benzene ring substituents is 1. The number of fused-ring (bicyclic) bond motifs is 1. The van der Waals surface area contributed by atoms with Crippen molar-refractivity contribution in [2.24, 2.45) is 4.99 Å². The van der Waals surface area contributed by atoms with Gasteiger partial charge >= 0.3 is 0 Å². The Kier molecular flexibility index (Phi) is 6.96. The monoisotopic (exact) mass is 502 g/mol. The smallest absolute Gasteiger partial charge is 0.279 e. The van der Waals surface area contributed by atoms with E-state index in [4.69, 9.17) is 0 Å². The number of nitrogens with zero attached hydrogens (tertiary/aromatic N) is 4. The van der Waals surface area contributed by atoms with Crippen LogP contribution in [0.5, 0.6) is 0 Å². The van der Waals surface area contributed by atoms with Crippen LogP contribution in [0.1, 0.15) is 49.9 Å². The SMILES string of the molecule is CCC1CCCCN1S(=O)(=O)c1ccc(C(=O)N=c2sc3ccc([N+](=O)[O-])cc3n2CC)cc1. The molecule has 0 aliphatic carbocycles. The number of benzene rings is 2. The molecule has 1 aliphatic heterocycles. The quantitative estimate of drug-likeness (QED) is 0.368. The van der Waals surface area contributed by atoms with Gasteiger partial charge in [0.05, 0.1) is 20.0 Å². The van der Waals surface area contributed by atoms with Gasteiger partial charge in [-0.1, -0.05) is 24.7 Å². The van der Waals surface area contributed by atoms with Crippen LogP contribution in [0.3, 0.4) is 0 Å². The number of non-ortho nitro benzene ring substituents is 1. The molecule has 34 heavy (non-hydrogen) atoms. The van der Waals surface area contributed by atoms with E-state index < -0.39 is 20.9 Å². The number of hydrogen-bond donors (Lipinski definition) is 0. The van der Waals surface area contributed by atoms with Crippen molar-refractivity contribution in [1.29, 1.82) is 0 Å². The molecule has 180 valence electrons. The highest BCUT2D eigenvalue weighted by molar-refractivity contribution is 7.89. The Hall–Kier alpha value is -2.89. The number of aromatic nitrogens is 1. The van der Waals surface area contributed by atoms with E-state index in [0.717, 1.165) is 30.4 Å². The molecule has 2 aromatic carbocycles. The van der Waals surface area contributed by atoms with Crippen LogP contribution in [0, 0.1) is 10.1 Å². The summed E-state index contributed by atoms with van der Waals surface area (Å²) in [7, 11) is -3.63. The maximum Gasteiger partial charge on any atom is 0.279 e. The summed E-state index contributed by atoms with van der Waals surface area (Å²) in [5.74, 6) is -0.503. The molecule has 0 saturated carbocycles. The van der Waals surface area contributed by atoms with Crippen LogP contribution in [0.2, 0.25) is 0 Å². The molecule has 1 saturated heterocycles. The third kappa shape index (κ3) is 4.55. The van der Waals surface area contributed by atoms with Crippen molar-refractivity contribution in [3.63, 3.8) is 0 Å². The zero-order valence-electron chi connectivity index (χ0n) is 19.0. The second kappa shape index (κ2) is 9.77. The highest BCUT2D eigenvalue weighted by Crippen LogP contribution is 2.27. The molecule has 0 bridgehead atoms. The van der Waals surface area contributed by atoms with Crippen LogP contribution in [-0.2, 0) is 16.6 Å². The summed E-state index contributed by atoms with van der Waals surface area (Å²) in [5.41, 5.74) is 0.888. The molecule has 1 fully saturated rings. The molecule has 1 aromatic heterocycles. The highest BCUT2D eigenvalue weighted by atomic mass is 32.2. The van der Waals surface area contributed by atoms with Gasteiger partial charge in [-0.3, -0.25) is 14.9 Å². The van der Waals surface area contributed by atoms with E-state index in [1.54, 1.807) is 14.9 Å². The minimum absolute atomic E-state index is 0.00309. The normalized spacial score (nSPS) is 17.8. The number of amides is 1. The lowest BCUT2D eigenvalue weighted by atomic mass is 10.0. The average Bonchev–Trinajstić information content (AvgIpc) is 3.19. The predicted molar refractivity (Wildman–Crippen MR) is 130 cm³/mol. The fraction of sp³-hybridized carbons (Fsp3) is 0.391. The summed E-state index contributed by atoms with van der Waals surface area (Å²) in [5, 5.41) is 11.1. The second-order valence-corrected chi connectivity index (χ2v) is 11.1. The van der Waals surface area contributed by atoms with E-state index in [9.17, 15) is 23.3 Å². The Morgan fingerprint density at radius 3 is 2.56 bits per heavy atom. The van der Waals surface area contributed by atoms with Gasteiger partial charge in [-0.15, -0.1) is 0 Å². The van der Waals surface area contributed by atoms with Crippen molar-refractivity contribution in [3.8, 4) is 0 Å². The number of piperidine rings is 1. The molecule has 1 atom stereocenters. The zero-order valence-corrected chi connectivity index (χ0v) is 20.6. The van der Waals surface area contributed by atoms with E-state index >= 15 is 0 Å². The third-order valence-corrected chi connectivity index (χ3v) is 9.17. The van der Waals surface area contributed by atoms with Crippen LogP contribution >= 0.6 is 11.3 Å². The van der Waals surface area contributed by atoms with Gasteiger partial charge in [0.2, 0.25) is 10.0 Å². The molecule has 0 radical (unpaired) electrons. The lowest BCUT2D eigenvalue weighted by Crippen LogP contribution is -2.43. The van der Waals surface area contributed by atoms with Gasteiger partial charge in [0.25, 0.3) is 11.6 Å². The molecule has 0 N–H and O–H groups in total. The first-order chi connectivity index (χ1) is 16.3. The van der Waals surface area contributed by atoms with Gasteiger partial charge in [-0.05, 0) is 56.5 Å². The van der Waals surface area contributed by atoms with Crippen molar-refractivity contribution in [2.75, 3.05) is 6.54 Å². The van der Waals surface area contributed by atoms with E-state index in [2.05, 4.69) is 4.99 Å². The molecule has 2 heterocycles. The molecule has 3 aromatic rings. The third-order valence-electron chi connectivity index (χ3n) is 6.14. The Morgan fingerprint density at radius 1 is 1.18 bits per heavy atom. The number of hydrogen-bond acceptors (Lipinski definition) is 6. The van der Waals surface area contributed by atoms with Gasteiger partial charge in [-0.2, -0.15) is 9.30 Å². The van der Waals surface area contributed by atoms with Crippen molar-refractivity contribution in [2.45, 2.75) is 57.0 Å². The van der Waals surface area contributed by atoms with Gasteiger partial charge in [0.15, 0.2) is 4.80 Å². The summed E-state index contributed by atoms with van der Waals surface area (Å²) in [6.07, 6.45) is 3.51. The van der Waals surface area contributed by atoms with E-state index in [-0.39, 0.29) is 22.2 Å². The molecule has 4 rings (SSSR count). The Morgan fingerprint density at radius 2 is 1.91 bits per heavy atom. The Balaban J connectivity index is 1.64. The average molecular weight is 503 g/mol. The number of rotatable bonds is 6. The van der Waals surface area contributed by atoms with Crippen molar-refractivity contribution in [3.05, 3.63) is 62.9 Å². The topological polar surface area (TPSA) is 115 Å². The first-order valence-corrected chi connectivity index (χ1v) is 13.5. The first-order valence-electron chi connectivity index (χ1n) is 11.2. The number of carbonyl (C=O) groups excluding carboxylic acids is 1. The minimum atomic E-state index is -3.63. The first kappa shape index (κ1) is 24.2. The maximum absolute atomic E-state index is 13.2. The lowest BCUT2D eigenvalue weighted by molar-refractivity contribution is -0.384. The molecule has 11 heteroatoms. The molecular weight excluding hydrogens is 476 g/mol. The highest BCUT2D eigenvalue weighted by Gasteiger charge is 2.32.